The highest BCUT2D eigenvalue weighted by Gasteiger charge is 2.37. The first-order valence-electron chi connectivity index (χ1n) is 14.4. The molecule has 0 bridgehead atoms. The molecule has 14 nitrogen and oxygen atoms in total. The number of aromatic nitrogens is 3. The molecule has 0 radical (unpaired) electrons. The molecule has 0 spiro atoms. The van der Waals surface area contributed by atoms with Gasteiger partial charge in [-0.3, -0.25) is 4.90 Å². The molecule has 4 N–H and O–H groups in total. The van der Waals surface area contributed by atoms with Gasteiger partial charge in [-0.2, -0.15) is 5.26 Å². The lowest BCUT2D eigenvalue weighted by Crippen LogP contribution is -2.50. The normalized spacial score (nSPS) is 23.5. The van der Waals surface area contributed by atoms with Crippen LogP contribution in [0.4, 0.5) is 5.69 Å². The van der Waals surface area contributed by atoms with Crippen LogP contribution < -0.4 is 10.0 Å². The first kappa shape index (κ1) is 31.9. The third-order valence-electron chi connectivity index (χ3n) is 7.62. The molecule has 236 valence electrons. The van der Waals surface area contributed by atoms with Crippen molar-refractivity contribution in [2.75, 3.05) is 51.8 Å². The second-order valence-electron chi connectivity index (χ2n) is 10.7. The van der Waals surface area contributed by atoms with E-state index >= 15 is 0 Å². The smallest absolute Gasteiger partial charge is 0.251 e. The molecule has 0 saturated carbocycles. The molecule has 3 heterocycles. The van der Waals surface area contributed by atoms with Crippen LogP contribution in [0.3, 0.4) is 0 Å². The van der Waals surface area contributed by atoms with Crippen molar-refractivity contribution in [3.05, 3.63) is 58.8 Å². The van der Waals surface area contributed by atoms with E-state index in [0.717, 1.165) is 55.9 Å². The number of allylic oxidation sites excluding steroid dienone is 1. The minimum Gasteiger partial charge on any atom is -0.390 e. The molecular weight excluding hydrogens is 590 g/mol. The molecule has 44 heavy (non-hydrogen) atoms. The van der Waals surface area contributed by atoms with Crippen molar-refractivity contribution < 1.29 is 32.8 Å². The van der Waals surface area contributed by atoms with E-state index in [-0.39, 0.29) is 19.5 Å². The minimum atomic E-state index is -4.16. The summed E-state index contributed by atoms with van der Waals surface area (Å²) in [7, 11) is -2.71. The van der Waals surface area contributed by atoms with Gasteiger partial charge in [0.05, 0.1) is 38.1 Å². The summed E-state index contributed by atoms with van der Waals surface area (Å²) in [5.74, 6) is 0. The van der Waals surface area contributed by atoms with Gasteiger partial charge in [0.2, 0.25) is 0 Å². The van der Waals surface area contributed by atoms with Crippen molar-refractivity contribution in [2.45, 2.75) is 44.1 Å². The Morgan fingerprint density at radius 2 is 1.98 bits per heavy atom. The number of hydrogen-bond acceptors (Lipinski definition) is 12. The van der Waals surface area contributed by atoms with Gasteiger partial charge < -0.3 is 29.7 Å². The Kier molecular flexibility index (Phi) is 10.6. The van der Waals surface area contributed by atoms with Crippen LogP contribution in [-0.4, -0.2) is 110 Å². The summed E-state index contributed by atoms with van der Waals surface area (Å²) in [5.41, 5.74) is 1.86. The molecular formula is C29H37N7O7S. The quantitative estimate of drug-likeness (QED) is 0.206. The maximum absolute atomic E-state index is 13.0. The van der Waals surface area contributed by atoms with E-state index in [1.165, 1.54) is 24.1 Å². The number of aliphatic hydroxyl groups excluding tert-OH is 2. The standard InChI is InChI=1S/C29H37N7O7S/c1-41-28-15-26(37)29(38)27(43-28)19-36-18-24(33-34-36)17-32-44(39,40)25(16-30)13-20-2-3-22-14-23(5-4-21(22)12-20)31-6-7-35-8-10-42-11-9-35/h2-5,12-14,18,26-29,31-32,37-38H,6-11,15,17,19H2,1H3/b25-13+/t26-,27-,28+,29+/m1/s1. The van der Waals surface area contributed by atoms with Gasteiger partial charge in [0.15, 0.2) is 11.2 Å². The first-order chi connectivity index (χ1) is 21.2. The van der Waals surface area contributed by atoms with E-state index in [4.69, 9.17) is 14.2 Å². The number of fused-ring (bicyclic) bond motifs is 1. The van der Waals surface area contributed by atoms with Crippen molar-refractivity contribution in [3.63, 3.8) is 0 Å². The zero-order chi connectivity index (χ0) is 31.1. The van der Waals surface area contributed by atoms with Crippen LogP contribution in [0.15, 0.2) is 47.5 Å². The zero-order valence-electron chi connectivity index (χ0n) is 24.4. The lowest BCUT2D eigenvalue weighted by Gasteiger charge is -2.36. The van der Waals surface area contributed by atoms with Gasteiger partial charge in [-0.1, -0.05) is 23.4 Å². The SMILES string of the molecule is CO[C@@H]1C[C@@H](O)[C@H](O)[C@@H](Cn2cc(CNS(=O)(=O)/C(C#N)=C/c3ccc4cc(NCCN5CCOCC5)ccc4c3)nn2)O1. The van der Waals surface area contributed by atoms with Crippen LogP contribution in [0.5, 0.6) is 0 Å². The van der Waals surface area contributed by atoms with Gasteiger partial charge in [-0.15, -0.1) is 5.10 Å². The maximum atomic E-state index is 13.0. The summed E-state index contributed by atoms with van der Waals surface area (Å²) in [6.45, 7) is 5.03. The molecule has 0 aliphatic carbocycles. The second-order valence-corrected chi connectivity index (χ2v) is 12.4. The number of aliphatic hydroxyl groups is 2. The predicted molar refractivity (Wildman–Crippen MR) is 161 cm³/mol. The Morgan fingerprint density at radius 3 is 2.75 bits per heavy atom. The van der Waals surface area contributed by atoms with E-state index in [1.807, 2.05) is 30.3 Å². The molecule has 3 aromatic rings. The van der Waals surface area contributed by atoms with Crippen molar-refractivity contribution in [3.8, 4) is 6.07 Å². The number of methoxy groups -OCH3 is 1. The number of morpholine rings is 1. The number of rotatable bonds is 12. The number of nitriles is 1. The molecule has 5 rings (SSSR count). The molecule has 15 heteroatoms. The van der Waals surface area contributed by atoms with Gasteiger partial charge in [0, 0.05) is 51.6 Å². The molecule has 4 atom stereocenters. The van der Waals surface area contributed by atoms with Gasteiger partial charge in [0.1, 0.15) is 18.3 Å². The van der Waals surface area contributed by atoms with E-state index in [1.54, 1.807) is 12.1 Å². The monoisotopic (exact) mass is 627 g/mol. The number of hydrogen-bond donors (Lipinski definition) is 4. The van der Waals surface area contributed by atoms with Crippen LogP contribution in [0, 0.1) is 11.3 Å². The van der Waals surface area contributed by atoms with Crippen LogP contribution in [0.2, 0.25) is 0 Å². The van der Waals surface area contributed by atoms with Crippen molar-refractivity contribution in [2.24, 2.45) is 0 Å². The lowest BCUT2D eigenvalue weighted by molar-refractivity contribution is -0.245. The Labute approximate surface area is 255 Å². The Hall–Kier alpha value is -3.46. The van der Waals surface area contributed by atoms with Gasteiger partial charge in [-0.05, 0) is 40.6 Å². The Morgan fingerprint density at radius 1 is 1.20 bits per heavy atom. The number of benzene rings is 2. The van der Waals surface area contributed by atoms with E-state index in [0.29, 0.717) is 11.3 Å². The number of nitrogens with one attached hydrogen (secondary N) is 2. The summed E-state index contributed by atoms with van der Waals surface area (Å²) in [4.78, 5) is 1.92. The summed E-state index contributed by atoms with van der Waals surface area (Å²) < 4.78 is 45.9. The molecule has 2 aromatic carbocycles. The van der Waals surface area contributed by atoms with E-state index in [9.17, 15) is 23.9 Å². The molecule has 0 amide bonds. The van der Waals surface area contributed by atoms with Crippen LogP contribution >= 0.6 is 0 Å². The fraction of sp³-hybridized carbons (Fsp3) is 0.483. The van der Waals surface area contributed by atoms with Gasteiger partial charge in [0.25, 0.3) is 10.0 Å². The van der Waals surface area contributed by atoms with Crippen molar-refractivity contribution >= 4 is 32.6 Å². The fourth-order valence-corrected chi connectivity index (χ4v) is 6.03. The number of sulfonamides is 1. The number of nitrogens with zero attached hydrogens (tertiary/aromatic N) is 5. The summed E-state index contributed by atoms with van der Waals surface area (Å²) in [5, 5.41) is 43.2. The topological polar surface area (TPSA) is 184 Å². The summed E-state index contributed by atoms with van der Waals surface area (Å²) >= 11 is 0. The highest BCUT2D eigenvalue weighted by atomic mass is 32.2. The van der Waals surface area contributed by atoms with Crippen LogP contribution in [0.25, 0.3) is 16.8 Å². The molecule has 1 aromatic heterocycles. The van der Waals surface area contributed by atoms with Crippen LogP contribution in [-0.2, 0) is 37.3 Å². The molecule has 0 unspecified atom stereocenters. The van der Waals surface area contributed by atoms with Crippen molar-refractivity contribution in [1.82, 2.24) is 24.6 Å². The molecule has 2 aliphatic rings. The number of ether oxygens (including phenoxy) is 3. The molecule has 2 saturated heterocycles. The number of anilines is 1. The van der Waals surface area contributed by atoms with Gasteiger partial charge >= 0.3 is 0 Å². The average Bonchev–Trinajstić information content (AvgIpc) is 3.48. The highest BCUT2D eigenvalue weighted by Crippen LogP contribution is 2.24. The fourth-order valence-electron chi connectivity index (χ4n) is 5.13. The van der Waals surface area contributed by atoms with Gasteiger partial charge in [-0.25, -0.2) is 17.8 Å². The second kappa shape index (κ2) is 14.5. The van der Waals surface area contributed by atoms with E-state index < -0.39 is 39.5 Å². The Balaban J connectivity index is 1.18. The third kappa shape index (κ3) is 8.17. The highest BCUT2D eigenvalue weighted by molar-refractivity contribution is 7.93. The lowest BCUT2D eigenvalue weighted by atomic mass is 10.0. The van der Waals surface area contributed by atoms with Crippen LogP contribution in [0.1, 0.15) is 17.7 Å². The van der Waals surface area contributed by atoms with Crippen molar-refractivity contribution in [1.29, 1.82) is 5.26 Å². The largest absolute Gasteiger partial charge is 0.390 e. The average molecular weight is 628 g/mol. The summed E-state index contributed by atoms with van der Waals surface area (Å²) in [6.07, 6.45) is -0.669. The summed E-state index contributed by atoms with van der Waals surface area (Å²) in [6, 6.07) is 13.2. The molecule has 2 fully saturated rings. The molecule has 2 aliphatic heterocycles. The maximum Gasteiger partial charge on any atom is 0.251 e. The Bertz CT molecular complexity index is 1600. The third-order valence-corrected chi connectivity index (χ3v) is 8.93. The predicted octanol–water partition coefficient (Wildman–Crippen LogP) is 0.643. The van der Waals surface area contributed by atoms with E-state index in [2.05, 4.69) is 25.3 Å². The minimum absolute atomic E-state index is 0.0646. The first-order valence-corrected chi connectivity index (χ1v) is 15.8. The zero-order valence-corrected chi connectivity index (χ0v) is 25.2.